The minimum absolute atomic E-state index is 0. The molecule has 0 saturated carbocycles. The van der Waals surface area contributed by atoms with Crippen LogP contribution >= 0.6 is 0 Å². The molecule has 0 rings (SSSR count). The molecule has 1 amide bonds. The van der Waals surface area contributed by atoms with E-state index in [-0.39, 0.29) is 38.8 Å². The third kappa shape index (κ3) is 12.3. The van der Waals surface area contributed by atoms with Crippen LogP contribution in [0.4, 0.5) is 4.79 Å². The van der Waals surface area contributed by atoms with Crippen LogP contribution in [0, 0.1) is 13.8 Å². The minimum atomic E-state index is -0.458. The van der Waals surface area contributed by atoms with Crippen LogP contribution in [0.2, 0.25) is 0 Å². The number of carbonyl (C=O) groups excluding carboxylic acids is 1. The van der Waals surface area contributed by atoms with Gasteiger partial charge in [-0.25, -0.2) is 4.79 Å². The van der Waals surface area contributed by atoms with Gasteiger partial charge in [0.2, 0.25) is 0 Å². The van der Waals surface area contributed by atoms with E-state index in [2.05, 4.69) is 24.5 Å². The van der Waals surface area contributed by atoms with Crippen LogP contribution in [0.5, 0.6) is 0 Å². The average molecular weight is 289 g/mol. The molecule has 0 aliphatic rings. The molecule has 0 aliphatic heterocycles. The summed E-state index contributed by atoms with van der Waals surface area (Å²) in [5.41, 5.74) is -0.458. The summed E-state index contributed by atoms with van der Waals surface area (Å²) >= 11 is 0. The fourth-order valence-corrected chi connectivity index (χ4v) is 0.797. The second-order valence-corrected chi connectivity index (χ2v) is 4.03. The Balaban J connectivity index is 0. The number of amides is 1. The van der Waals surface area contributed by atoms with Gasteiger partial charge in [0.15, 0.2) is 0 Å². The largest absolute Gasteiger partial charge is 0.444 e. The predicted molar refractivity (Wildman–Crippen MR) is 56.7 cm³/mol. The van der Waals surface area contributed by atoms with Crippen molar-refractivity contribution in [3.63, 3.8) is 0 Å². The first-order valence-corrected chi connectivity index (χ1v) is 4.67. The molecule has 5 heteroatoms. The summed E-state index contributed by atoms with van der Waals surface area (Å²) in [6.45, 7) is 13.9. The van der Waals surface area contributed by atoms with Crippen molar-refractivity contribution in [1.82, 2.24) is 10.6 Å². The molecule has 2 N–H and O–H groups in total. The smallest absolute Gasteiger partial charge is 0.407 e. The van der Waals surface area contributed by atoms with Gasteiger partial charge in [-0.3, -0.25) is 0 Å². The Morgan fingerprint density at radius 3 is 2.40 bits per heavy atom. The van der Waals surface area contributed by atoms with Gasteiger partial charge in [-0.05, 0) is 20.8 Å². The van der Waals surface area contributed by atoms with E-state index >= 15 is 0 Å². The summed E-state index contributed by atoms with van der Waals surface area (Å²) in [6, 6.07) is -0.0416. The molecule has 0 heterocycles. The van der Waals surface area contributed by atoms with Crippen molar-refractivity contribution < 1.29 is 42.2 Å². The molecule has 0 spiro atoms. The molecule has 1 atom stereocenters. The third-order valence-electron chi connectivity index (χ3n) is 1.32. The van der Waals surface area contributed by atoms with Crippen molar-refractivity contribution in [2.24, 2.45) is 0 Å². The second kappa shape index (κ2) is 8.48. The van der Waals surface area contributed by atoms with Crippen LogP contribution in [-0.2, 0) is 37.4 Å². The van der Waals surface area contributed by atoms with E-state index in [0.29, 0.717) is 13.1 Å². The van der Waals surface area contributed by atoms with E-state index in [1.54, 1.807) is 0 Å². The number of rotatable bonds is 4. The summed E-state index contributed by atoms with van der Waals surface area (Å²) in [7, 11) is 0. The standard InChI is InChI=1S/C10H20N2O2.Y/c1-6-11-8(2)7-12-9(13)14-10(3,4)5;/h8,11H,1-2,6-7H2,3-5H3,(H,12,13);/q-2;/t8-;/m0./s1. The van der Waals surface area contributed by atoms with Gasteiger partial charge < -0.3 is 29.2 Å². The van der Waals surface area contributed by atoms with Gasteiger partial charge in [0, 0.05) is 39.3 Å². The van der Waals surface area contributed by atoms with Crippen molar-refractivity contribution >= 4 is 6.09 Å². The first kappa shape index (κ1) is 17.7. The third-order valence-corrected chi connectivity index (χ3v) is 1.32. The van der Waals surface area contributed by atoms with E-state index in [1.807, 2.05) is 20.8 Å². The summed E-state index contributed by atoms with van der Waals surface area (Å²) < 4.78 is 5.05. The van der Waals surface area contributed by atoms with Crippen molar-refractivity contribution in [2.45, 2.75) is 32.4 Å². The van der Waals surface area contributed by atoms with Crippen molar-refractivity contribution in [1.29, 1.82) is 0 Å². The van der Waals surface area contributed by atoms with Gasteiger partial charge in [-0.1, -0.05) is 0 Å². The molecule has 1 radical (unpaired) electrons. The normalized spacial score (nSPS) is 12.6. The number of ether oxygens (including phenoxy) is 1. The molecule has 0 aromatic heterocycles. The fourth-order valence-electron chi connectivity index (χ4n) is 0.797. The van der Waals surface area contributed by atoms with Crippen LogP contribution in [-0.4, -0.2) is 30.8 Å². The van der Waals surface area contributed by atoms with Crippen LogP contribution in [0.15, 0.2) is 0 Å². The van der Waals surface area contributed by atoms with Crippen LogP contribution in [0.1, 0.15) is 20.8 Å². The molecule has 0 fully saturated rings. The summed E-state index contributed by atoms with van der Waals surface area (Å²) in [5, 5.41) is 5.58. The number of nitrogens with one attached hydrogen (secondary N) is 2. The second-order valence-electron chi connectivity index (χ2n) is 4.03. The van der Waals surface area contributed by atoms with Crippen LogP contribution in [0.3, 0.4) is 0 Å². The van der Waals surface area contributed by atoms with E-state index in [1.165, 1.54) is 0 Å². The van der Waals surface area contributed by atoms with E-state index in [4.69, 9.17) is 4.74 Å². The van der Waals surface area contributed by atoms with Gasteiger partial charge >= 0.3 is 6.09 Å². The van der Waals surface area contributed by atoms with Crippen molar-refractivity contribution in [3.05, 3.63) is 13.8 Å². The number of carbonyl (C=O) groups is 1. The topological polar surface area (TPSA) is 50.4 Å². The van der Waals surface area contributed by atoms with Gasteiger partial charge in [0.05, 0.1) is 0 Å². The van der Waals surface area contributed by atoms with E-state index in [9.17, 15) is 4.79 Å². The molecule has 87 valence electrons. The number of hydrogen-bond acceptors (Lipinski definition) is 3. The van der Waals surface area contributed by atoms with Crippen LogP contribution in [0.25, 0.3) is 0 Å². The molecule has 0 aromatic rings. The Bertz CT molecular complexity index is 181. The van der Waals surface area contributed by atoms with Gasteiger partial charge in [-0.15, -0.1) is 12.6 Å². The fraction of sp³-hybridized carbons (Fsp3) is 0.700. The summed E-state index contributed by atoms with van der Waals surface area (Å²) in [4.78, 5) is 11.2. The zero-order chi connectivity index (χ0) is 11.2. The Labute approximate surface area is 118 Å². The van der Waals surface area contributed by atoms with Crippen molar-refractivity contribution in [3.8, 4) is 0 Å². The zero-order valence-electron chi connectivity index (χ0n) is 9.80. The molecular formula is C10H20N2O2Y-2. The maximum atomic E-state index is 11.2. The molecule has 15 heavy (non-hydrogen) atoms. The molecule has 0 aromatic carbocycles. The Morgan fingerprint density at radius 2 is 2.00 bits per heavy atom. The predicted octanol–water partition coefficient (Wildman–Crippen LogP) is 1.13. The van der Waals surface area contributed by atoms with E-state index in [0.717, 1.165) is 0 Å². The van der Waals surface area contributed by atoms with E-state index < -0.39 is 11.7 Å². The molecular weight excluding hydrogens is 269 g/mol. The SMILES string of the molecule is [CH2-]CN[C@@H]([CH2-])CNC(=O)OC(C)(C)C.[Y]. The first-order valence-electron chi connectivity index (χ1n) is 4.67. The molecule has 0 saturated heterocycles. The summed E-state index contributed by atoms with van der Waals surface area (Å²) in [5.74, 6) is 0. The molecule has 0 unspecified atom stereocenters. The Hall–Kier alpha value is 0.334. The maximum absolute atomic E-state index is 11.2. The minimum Gasteiger partial charge on any atom is -0.444 e. The quantitative estimate of drug-likeness (QED) is 0.763. The first-order chi connectivity index (χ1) is 6.35. The van der Waals surface area contributed by atoms with Gasteiger partial charge in [0.1, 0.15) is 5.60 Å². The maximum Gasteiger partial charge on any atom is 0.407 e. The van der Waals surface area contributed by atoms with Crippen molar-refractivity contribution in [2.75, 3.05) is 13.1 Å². The molecule has 0 bridgehead atoms. The van der Waals surface area contributed by atoms with Gasteiger partial charge in [-0.2, -0.15) is 0 Å². The number of alkyl carbamates (subject to hydrolysis) is 1. The Morgan fingerprint density at radius 1 is 1.47 bits per heavy atom. The molecule has 4 nitrogen and oxygen atoms in total. The summed E-state index contributed by atoms with van der Waals surface area (Å²) in [6.07, 6.45) is -0.419. The monoisotopic (exact) mass is 289 g/mol. The van der Waals surface area contributed by atoms with Gasteiger partial charge in [0.25, 0.3) is 0 Å². The zero-order valence-corrected chi connectivity index (χ0v) is 12.6. The Kier molecular flexibility index (Phi) is 10.0. The average Bonchev–Trinajstić information content (AvgIpc) is 1.98. The molecule has 0 aliphatic carbocycles. The number of hydrogen-bond donors (Lipinski definition) is 2. The van der Waals surface area contributed by atoms with Crippen LogP contribution < -0.4 is 10.6 Å².